The van der Waals surface area contributed by atoms with E-state index in [1.165, 1.54) is 6.92 Å². The van der Waals surface area contributed by atoms with Crippen LogP contribution in [0.1, 0.15) is 12.5 Å². The molecule has 4 nitrogen and oxygen atoms in total. The standard InChI is InChI=1S/C13H9Cl2NO3S2/c1-6(12(18)19)16-11(17)10(21-13(16)20)4-7-2-3-8(14)5-9(7)15/h2-6H,1H3,(H,18,19)/p-1. The maximum absolute atomic E-state index is 12.2. The van der Waals surface area contributed by atoms with Crippen molar-refractivity contribution < 1.29 is 14.7 Å². The molecule has 0 N–H and O–H groups in total. The second-order valence-electron chi connectivity index (χ2n) is 4.21. The molecule has 0 bridgehead atoms. The van der Waals surface area contributed by atoms with Gasteiger partial charge in [-0.25, -0.2) is 0 Å². The Kier molecular flexibility index (Phi) is 4.93. The molecule has 21 heavy (non-hydrogen) atoms. The minimum atomic E-state index is -1.36. The van der Waals surface area contributed by atoms with Gasteiger partial charge in [-0.15, -0.1) is 0 Å². The number of hydrogen-bond donors (Lipinski definition) is 0. The molecule has 0 radical (unpaired) electrons. The van der Waals surface area contributed by atoms with Gasteiger partial charge in [-0.2, -0.15) is 0 Å². The smallest absolute Gasteiger partial charge is 0.266 e. The van der Waals surface area contributed by atoms with Crippen LogP contribution in [0.3, 0.4) is 0 Å². The molecule has 1 unspecified atom stereocenters. The Balaban J connectivity index is 2.34. The van der Waals surface area contributed by atoms with Crippen LogP contribution in [0.4, 0.5) is 0 Å². The highest BCUT2D eigenvalue weighted by atomic mass is 35.5. The molecule has 1 fully saturated rings. The normalized spacial score (nSPS) is 18.4. The average molecular weight is 361 g/mol. The first kappa shape index (κ1) is 16.3. The van der Waals surface area contributed by atoms with E-state index in [1.807, 2.05) is 0 Å². The molecular weight excluding hydrogens is 353 g/mol. The monoisotopic (exact) mass is 360 g/mol. The number of carbonyl (C=O) groups is 2. The number of rotatable bonds is 3. The number of thioether (sulfide) groups is 1. The molecule has 1 aromatic rings. The number of thiocarbonyl (C=S) groups is 1. The van der Waals surface area contributed by atoms with Crippen LogP contribution in [0.2, 0.25) is 10.0 Å². The van der Waals surface area contributed by atoms with E-state index in [4.69, 9.17) is 35.4 Å². The third kappa shape index (κ3) is 3.40. The van der Waals surface area contributed by atoms with Crippen LogP contribution in [0.5, 0.6) is 0 Å². The highest BCUT2D eigenvalue weighted by Crippen LogP contribution is 2.35. The van der Waals surface area contributed by atoms with Gasteiger partial charge in [0.05, 0.1) is 16.9 Å². The summed E-state index contributed by atoms with van der Waals surface area (Å²) in [4.78, 5) is 24.5. The summed E-state index contributed by atoms with van der Waals surface area (Å²) in [5.41, 5.74) is 0.600. The summed E-state index contributed by atoms with van der Waals surface area (Å²) in [6.07, 6.45) is 1.56. The Bertz CT molecular complexity index is 675. The summed E-state index contributed by atoms with van der Waals surface area (Å²) in [7, 11) is 0. The fourth-order valence-electron chi connectivity index (χ4n) is 1.68. The van der Waals surface area contributed by atoms with Gasteiger partial charge in [0.2, 0.25) is 0 Å². The third-order valence-electron chi connectivity index (χ3n) is 2.80. The number of hydrogen-bond acceptors (Lipinski definition) is 5. The van der Waals surface area contributed by atoms with E-state index < -0.39 is 17.9 Å². The summed E-state index contributed by atoms with van der Waals surface area (Å²) in [6, 6.07) is 3.74. The number of benzene rings is 1. The van der Waals surface area contributed by atoms with Crippen molar-refractivity contribution in [3.05, 3.63) is 38.7 Å². The Morgan fingerprint density at radius 2 is 2.14 bits per heavy atom. The molecule has 1 heterocycles. The van der Waals surface area contributed by atoms with E-state index in [9.17, 15) is 14.7 Å². The van der Waals surface area contributed by atoms with Crippen molar-refractivity contribution in [2.45, 2.75) is 13.0 Å². The molecule has 8 heteroatoms. The lowest BCUT2D eigenvalue weighted by molar-refractivity contribution is -0.309. The zero-order chi connectivity index (χ0) is 15.7. The van der Waals surface area contributed by atoms with Crippen LogP contribution >= 0.6 is 47.2 Å². The number of halogens is 2. The summed E-state index contributed by atoms with van der Waals surface area (Å²) >= 11 is 17.9. The van der Waals surface area contributed by atoms with Crippen LogP contribution in [-0.2, 0) is 9.59 Å². The van der Waals surface area contributed by atoms with Crippen LogP contribution < -0.4 is 5.11 Å². The van der Waals surface area contributed by atoms with Gasteiger partial charge in [0.15, 0.2) is 0 Å². The van der Waals surface area contributed by atoms with Crippen LogP contribution in [-0.4, -0.2) is 27.1 Å². The van der Waals surface area contributed by atoms with Gasteiger partial charge < -0.3 is 9.90 Å². The van der Waals surface area contributed by atoms with Crippen molar-refractivity contribution in [2.24, 2.45) is 0 Å². The Morgan fingerprint density at radius 3 is 2.71 bits per heavy atom. The van der Waals surface area contributed by atoms with E-state index >= 15 is 0 Å². The summed E-state index contributed by atoms with van der Waals surface area (Å²) < 4.78 is 0.174. The van der Waals surface area contributed by atoms with E-state index in [0.29, 0.717) is 20.5 Å². The first-order chi connectivity index (χ1) is 9.81. The lowest BCUT2D eigenvalue weighted by atomic mass is 10.2. The molecule has 1 amide bonds. The number of carbonyl (C=O) groups excluding carboxylic acids is 2. The van der Waals surface area contributed by atoms with Crippen LogP contribution in [0, 0.1) is 0 Å². The molecule has 1 aromatic carbocycles. The van der Waals surface area contributed by atoms with Crippen molar-refractivity contribution >= 4 is 69.5 Å². The van der Waals surface area contributed by atoms with E-state index in [1.54, 1.807) is 24.3 Å². The molecule has 0 saturated carbocycles. The summed E-state index contributed by atoms with van der Waals surface area (Å²) in [5, 5.41) is 11.8. The Hall–Kier alpha value is -1.08. The van der Waals surface area contributed by atoms with Gasteiger partial charge >= 0.3 is 0 Å². The van der Waals surface area contributed by atoms with E-state index in [0.717, 1.165) is 16.7 Å². The van der Waals surface area contributed by atoms with Gasteiger partial charge in [0.25, 0.3) is 5.91 Å². The first-order valence-corrected chi connectivity index (χ1v) is 7.72. The molecule has 0 aliphatic carbocycles. The molecule has 0 spiro atoms. The quantitative estimate of drug-likeness (QED) is 0.611. The average Bonchev–Trinajstić information content (AvgIpc) is 2.67. The fraction of sp³-hybridized carbons (Fsp3) is 0.154. The maximum atomic E-state index is 12.2. The van der Waals surface area contributed by atoms with Gasteiger partial charge in [-0.05, 0) is 30.7 Å². The van der Waals surface area contributed by atoms with Gasteiger partial charge in [0.1, 0.15) is 4.32 Å². The molecule has 1 atom stereocenters. The third-order valence-corrected chi connectivity index (χ3v) is 4.69. The summed E-state index contributed by atoms with van der Waals surface area (Å²) in [6.45, 7) is 1.35. The summed E-state index contributed by atoms with van der Waals surface area (Å²) in [5.74, 6) is -1.84. The highest BCUT2D eigenvalue weighted by molar-refractivity contribution is 8.26. The van der Waals surface area contributed by atoms with E-state index in [2.05, 4.69) is 0 Å². The Morgan fingerprint density at radius 1 is 1.48 bits per heavy atom. The second kappa shape index (κ2) is 6.36. The molecule has 110 valence electrons. The predicted octanol–water partition coefficient (Wildman–Crippen LogP) is 2.33. The minimum Gasteiger partial charge on any atom is -0.548 e. The zero-order valence-electron chi connectivity index (χ0n) is 10.6. The molecule has 2 rings (SSSR count). The van der Waals surface area contributed by atoms with E-state index in [-0.39, 0.29) is 4.32 Å². The van der Waals surface area contributed by atoms with Crippen LogP contribution in [0.25, 0.3) is 6.08 Å². The molecule has 0 aromatic heterocycles. The number of carboxylic acid groups (broad SMARTS) is 1. The zero-order valence-corrected chi connectivity index (χ0v) is 13.8. The lowest BCUT2D eigenvalue weighted by Gasteiger charge is -2.23. The topological polar surface area (TPSA) is 60.4 Å². The highest BCUT2D eigenvalue weighted by Gasteiger charge is 2.35. The SMILES string of the molecule is CC(C(=O)[O-])N1C(=O)C(=Cc2ccc(Cl)cc2Cl)SC1=S. The Labute approximate surface area is 140 Å². The van der Waals surface area contributed by atoms with Crippen molar-refractivity contribution in [1.82, 2.24) is 4.90 Å². The maximum Gasteiger partial charge on any atom is 0.266 e. The fourth-order valence-corrected chi connectivity index (χ4v) is 3.55. The molecule has 1 aliphatic heterocycles. The van der Waals surface area contributed by atoms with Gasteiger partial charge in [0, 0.05) is 10.0 Å². The lowest BCUT2D eigenvalue weighted by Crippen LogP contribution is -2.48. The second-order valence-corrected chi connectivity index (χ2v) is 6.73. The van der Waals surface area contributed by atoms with Crippen molar-refractivity contribution in [3.63, 3.8) is 0 Å². The first-order valence-electron chi connectivity index (χ1n) is 5.74. The van der Waals surface area contributed by atoms with Crippen molar-refractivity contribution in [2.75, 3.05) is 0 Å². The number of aliphatic carboxylic acids is 1. The molecular formula is C13H8Cl2NO3S2-. The van der Waals surface area contributed by atoms with Crippen molar-refractivity contribution in [1.29, 1.82) is 0 Å². The molecule has 1 saturated heterocycles. The van der Waals surface area contributed by atoms with Crippen LogP contribution in [0.15, 0.2) is 23.1 Å². The minimum absolute atomic E-state index is 0.174. The number of nitrogens with zero attached hydrogens (tertiary/aromatic N) is 1. The number of carboxylic acids is 1. The largest absolute Gasteiger partial charge is 0.548 e. The van der Waals surface area contributed by atoms with Crippen molar-refractivity contribution in [3.8, 4) is 0 Å². The van der Waals surface area contributed by atoms with Gasteiger partial charge in [-0.3, -0.25) is 9.69 Å². The molecule has 1 aliphatic rings. The predicted molar refractivity (Wildman–Crippen MR) is 85.9 cm³/mol. The number of amides is 1. The van der Waals surface area contributed by atoms with Gasteiger partial charge in [-0.1, -0.05) is 53.2 Å².